The summed E-state index contributed by atoms with van der Waals surface area (Å²) in [4.78, 5) is 34.1. The third-order valence-electron chi connectivity index (χ3n) is 3.65. The molecule has 0 aliphatic rings. The molecule has 0 fully saturated rings. The number of nitrogens with zero attached hydrogens (tertiary/aromatic N) is 1. The molecule has 1 atom stereocenters. The van der Waals surface area contributed by atoms with Crippen molar-refractivity contribution in [2.75, 3.05) is 7.11 Å². The molecule has 0 aliphatic carbocycles. The first-order valence-corrected chi connectivity index (χ1v) is 8.26. The summed E-state index contributed by atoms with van der Waals surface area (Å²) in [6.07, 6.45) is -0.643. The van der Waals surface area contributed by atoms with Crippen LogP contribution in [0.25, 0.3) is 0 Å². The highest BCUT2D eigenvalue weighted by Crippen LogP contribution is 2.30. The molecule has 8 nitrogen and oxygen atoms in total. The Bertz CT molecular complexity index is 903. The van der Waals surface area contributed by atoms with E-state index in [9.17, 15) is 24.8 Å². The van der Waals surface area contributed by atoms with E-state index in [1.54, 1.807) is 0 Å². The summed E-state index contributed by atoms with van der Waals surface area (Å²) in [5.41, 5.74) is -0.161. The number of methoxy groups -OCH3 is 1. The quantitative estimate of drug-likeness (QED) is 0.551. The van der Waals surface area contributed by atoms with Gasteiger partial charge in [-0.3, -0.25) is 14.9 Å². The van der Waals surface area contributed by atoms with E-state index in [1.165, 1.54) is 37.4 Å². The molecule has 0 aliphatic heterocycles. The number of nitrogens with one attached hydrogen (secondary N) is 1. The molecule has 1 amide bonds. The van der Waals surface area contributed by atoms with E-state index in [-0.39, 0.29) is 32.6 Å². The molecule has 27 heavy (non-hydrogen) atoms. The standard InChI is InChI=1S/C17H14Cl2N2O6/c1-27-15-5-2-9(18)6-12(15)17(24)20-14(8-16(22)23)11-7-10(21(25)26)3-4-13(11)19/h2-7,14H,8H2,1H3,(H,20,24)(H,22,23)/p-1/t14-/m1/s1. The zero-order valence-corrected chi connectivity index (χ0v) is 15.4. The molecule has 0 saturated heterocycles. The largest absolute Gasteiger partial charge is 0.550 e. The minimum atomic E-state index is -1.47. The molecular formula is C17H13Cl2N2O6-. The number of rotatable bonds is 7. The van der Waals surface area contributed by atoms with Crippen molar-refractivity contribution in [2.45, 2.75) is 12.5 Å². The molecule has 2 aromatic rings. The SMILES string of the molecule is COc1ccc(Cl)cc1C(=O)N[C@H](CC(=O)[O-])c1cc([N+](=O)[O-])ccc1Cl. The first-order chi connectivity index (χ1) is 12.7. The zero-order valence-electron chi connectivity index (χ0n) is 13.9. The fourth-order valence-electron chi connectivity index (χ4n) is 2.41. The van der Waals surface area contributed by atoms with Gasteiger partial charge in [0.05, 0.1) is 23.6 Å². The molecule has 2 rings (SSSR count). The molecule has 0 bridgehead atoms. The van der Waals surface area contributed by atoms with Gasteiger partial charge in [-0.1, -0.05) is 23.2 Å². The number of halogens is 2. The Labute approximate surface area is 163 Å². The van der Waals surface area contributed by atoms with E-state index in [0.717, 1.165) is 6.07 Å². The highest BCUT2D eigenvalue weighted by atomic mass is 35.5. The average Bonchev–Trinajstić information content (AvgIpc) is 2.60. The van der Waals surface area contributed by atoms with Crippen LogP contribution in [0.3, 0.4) is 0 Å². The van der Waals surface area contributed by atoms with Crippen LogP contribution in [0.1, 0.15) is 28.4 Å². The maximum absolute atomic E-state index is 12.6. The van der Waals surface area contributed by atoms with Gasteiger partial charge in [-0.2, -0.15) is 0 Å². The lowest BCUT2D eigenvalue weighted by Gasteiger charge is -2.21. The van der Waals surface area contributed by atoms with Crippen LogP contribution in [0, 0.1) is 10.1 Å². The lowest BCUT2D eigenvalue weighted by atomic mass is 10.0. The number of carbonyl (C=O) groups excluding carboxylic acids is 2. The van der Waals surface area contributed by atoms with E-state index >= 15 is 0 Å². The van der Waals surface area contributed by atoms with Crippen molar-refractivity contribution in [3.63, 3.8) is 0 Å². The van der Waals surface area contributed by atoms with Gasteiger partial charge in [0.2, 0.25) is 0 Å². The molecule has 10 heteroatoms. The number of non-ortho nitro benzene ring substituents is 1. The zero-order chi connectivity index (χ0) is 20.1. The number of carboxylic acid groups (broad SMARTS) is 1. The van der Waals surface area contributed by atoms with Crippen LogP contribution in [0.5, 0.6) is 5.75 Å². The number of ether oxygens (including phenoxy) is 1. The van der Waals surface area contributed by atoms with E-state index < -0.39 is 29.3 Å². The maximum atomic E-state index is 12.6. The van der Waals surface area contributed by atoms with E-state index in [0.29, 0.717) is 0 Å². The van der Waals surface area contributed by atoms with Gasteiger partial charge >= 0.3 is 0 Å². The minimum Gasteiger partial charge on any atom is -0.550 e. The first kappa shape index (κ1) is 20.5. The number of nitro groups is 1. The summed E-state index contributed by atoms with van der Waals surface area (Å²) in [7, 11) is 1.36. The predicted molar refractivity (Wildman–Crippen MR) is 95.9 cm³/mol. The Balaban J connectivity index is 2.42. The van der Waals surface area contributed by atoms with Crippen molar-refractivity contribution in [1.29, 1.82) is 0 Å². The van der Waals surface area contributed by atoms with Crippen molar-refractivity contribution in [1.82, 2.24) is 5.32 Å². The minimum absolute atomic E-state index is 0.0604. The van der Waals surface area contributed by atoms with Crippen molar-refractivity contribution in [3.05, 3.63) is 67.7 Å². The fourth-order valence-corrected chi connectivity index (χ4v) is 2.83. The van der Waals surface area contributed by atoms with Gasteiger partial charge in [0.25, 0.3) is 11.6 Å². The summed E-state index contributed by atoms with van der Waals surface area (Å²) >= 11 is 12.0. The van der Waals surface area contributed by atoms with Gasteiger partial charge in [0.15, 0.2) is 0 Å². The lowest BCUT2D eigenvalue weighted by molar-refractivity contribution is -0.385. The average molecular weight is 412 g/mol. The van der Waals surface area contributed by atoms with Crippen LogP contribution >= 0.6 is 23.2 Å². The molecule has 0 unspecified atom stereocenters. The number of hydrogen-bond acceptors (Lipinski definition) is 6. The van der Waals surface area contributed by atoms with Crippen LogP contribution in [-0.4, -0.2) is 23.9 Å². The van der Waals surface area contributed by atoms with Crippen molar-refractivity contribution in [3.8, 4) is 5.75 Å². The fraction of sp³-hybridized carbons (Fsp3) is 0.176. The van der Waals surface area contributed by atoms with Crippen LogP contribution in [-0.2, 0) is 4.79 Å². The molecular weight excluding hydrogens is 399 g/mol. The van der Waals surface area contributed by atoms with Gasteiger partial charge in [-0.05, 0) is 24.3 Å². The highest BCUT2D eigenvalue weighted by Gasteiger charge is 2.23. The van der Waals surface area contributed by atoms with Gasteiger partial charge in [-0.25, -0.2) is 0 Å². The smallest absolute Gasteiger partial charge is 0.269 e. The van der Waals surface area contributed by atoms with E-state index in [1.807, 2.05) is 0 Å². The molecule has 1 N–H and O–H groups in total. The third kappa shape index (κ3) is 5.08. The summed E-state index contributed by atoms with van der Waals surface area (Å²) in [5.74, 6) is -1.95. The van der Waals surface area contributed by atoms with Crippen molar-refractivity contribution in [2.24, 2.45) is 0 Å². The monoisotopic (exact) mass is 411 g/mol. The molecule has 0 spiro atoms. The normalized spacial score (nSPS) is 11.5. The van der Waals surface area contributed by atoms with Gasteiger partial charge in [-0.15, -0.1) is 0 Å². The Morgan fingerprint density at radius 2 is 1.93 bits per heavy atom. The summed E-state index contributed by atoms with van der Waals surface area (Å²) in [6, 6.07) is 6.71. The van der Waals surface area contributed by atoms with Crippen LogP contribution < -0.4 is 15.2 Å². The Kier molecular flexibility index (Phi) is 6.59. The van der Waals surface area contributed by atoms with Crippen molar-refractivity contribution < 1.29 is 24.4 Å². The van der Waals surface area contributed by atoms with Crippen molar-refractivity contribution >= 4 is 40.8 Å². The molecule has 0 aromatic heterocycles. The van der Waals surface area contributed by atoms with E-state index in [4.69, 9.17) is 27.9 Å². The predicted octanol–water partition coefficient (Wildman–Crippen LogP) is 2.52. The number of carboxylic acids is 1. The maximum Gasteiger partial charge on any atom is 0.269 e. The second-order valence-corrected chi connectivity index (χ2v) is 6.25. The summed E-state index contributed by atoms with van der Waals surface area (Å²) < 4.78 is 5.10. The second kappa shape index (κ2) is 8.70. The molecule has 142 valence electrons. The topological polar surface area (TPSA) is 122 Å². The number of nitro benzene ring substituents is 1. The number of carbonyl (C=O) groups is 2. The number of amides is 1. The van der Waals surface area contributed by atoms with Crippen LogP contribution in [0.4, 0.5) is 5.69 Å². The first-order valence-electron chi connectivity index (χ1n) is 7.51. The molecule has 0 heterocycles. The highest BCUT2D eigenvalue weighted by molar-refractivity contribution is 6.31. The second-order valence-electron chi connectivity index (χ2n) is 5.41. The summed E-state index contributed by atoms with van der Waals surface area (Å²) in [6.45, 7) is 0. The third-order valence-corrected chi connectivity index (χ3v) is 4.23. The van der Waals surface area contributed by atoms with Gasteiger partial charge < -0.3 is 20.0 Å². The number of benzene rings is 2. The molecule has 0 saturated carbocycles. The Hall–Kier alpha value is -2.84. The number of aliphatic carboxylic acids is 1. The lowest BCUT2D eigenvalue weighted by Crippen LogP contribution is -2.34. The number of hydrogen-bond donors (Lipinski definition) is 1. The van der Waals surface area contributed by atoms with Gasteiger partial charge in [0.1, 0.15) is 5.75 Å². The molecule has 2 aromatic carbocycles. The van der Waals surface area contributed by atoms with E-state index in [2.05, 4.69) is 5.32 Å². The van der Waals surface area contributed by atoms with Crippen LogP contribution in [0.2, 0.25) is 10.0 Å². The Morgan fingerprint density at radius 3 is 2.52 bits per heavy atom. The summed E-state index contributed by atoms with van der Waals surface area (Å²) in [5, 5.41) is 24.9. The Morgan fingerprint density at radius 1 is 1.22 bits per heavy atom. The van der Waals surface area contributed by atoms with Crippen LogP contribution in [0.15, 0.2) is 36.4 Å². The molecule has 0 radical (unpaired) electrons. The van der Waals surface area contributed by atoms with Gasteiger partial charge in [0, 0.05) is 40.1 Å².